The summed E-state index contributed by atoms with van der Waals surface area (Å²) in [5.41, 5.74) is 3.17. The maximum Gasteiger partial charge on any atom is 0.406 e. The number of halogens is 4. The van der Waals surface area contributed by atoms with Crippen LogP contribution >= 0.6 is 11.3 Å². The van der Waals surface area contributed by atoms with Crippen LogP contribution in [-0.4, -0.2) is 73.6 Å². The summed E-state index contributed by atoms with van der Waals surface area (Å²) in [5.74, 6) is 0.136. The van der Waals surface area contributed by atoms with Crippen molar-refractivity contribution in [2.45, 2.75) is 70.4 Å². The summed E-state index contributed by atoms with van der Waals surface area (Å²) >= 11 is 1.73. The van der Waals surface area contributed by atoms with Crippen molar-refractivity contribution in [1.29, 1.82) is 0 Å². The second-order valence-corrected chi connectivity index (χ2v) is 12.8. The van der Waals surface area contributed by atoms with Crippen molar-refractivity contribution in [2.75, 3.05) is 38.5 Å². The minimum atomic E-state index is -4.47. The second kappa shape index (κ2) is 13.6. The van der Waals surface area contributed by atoms with Gasteiger partial charge in [-0.1, -0.05) is 33.4 Å². The molecule has 0 amide bonds. The van der Waals surface area contributed by atoms with Crippen LogP contribution in [0.3, 0.4) is 0 Å². The smallest absolute Gasteiger partial charge is 0.385 e. The molecule has 4 rings (SSSR count). The standard InChI is InChI=1S/C32H42F4N6S/c1-7-31(3,4)29-16-22(19-43-29)21(2)38-13-9-14-39-30(37-5)28-17-23-25(40-26-12-15-41(6)18-24(26)33)10-8-11-27(23)42(28)20-32(34,35)36/h8,10-11,16-17,19,24,26,38,40H,2,5,7,9,12-15,18,20H2,1,3-4,6H3. The molecule has 1 saturated heterocycles. The number of nitrogens with one attached hydrogen (secondary N) is 2. The number of aromatic nitrogens is 1. The highest BCUT2D eigenvalue weighted by atomic mass is 32.1. The summed E-state index contributed by atoms with van der Waals surface area (Å²) in [4.78, 5) is 11.8. The number of piperidine rings is 1. The van der Waals surface area contributed by atoms with Gasteiger partial charge in [-0.3, -0.25) is 4.99 Å². The third-order valence-electron chi connectivity index (χ3n) is 8.18. The first-order valence-electron chi connectivity index (χ1n) is 14.6. The van der Waals surface area contributed by atoms with E-state index in [0.29, 0.717) is 49.1 Å². The quantitative estimate of drug-likeness (QED) is 0.0957. The van der Waals surface area contributed by atoms with Crippen LogP contribution < -0.4 is 10.6 Å². The van der Waals surface area contributed by atoms with Crippen LogP contribution in [0.2, 0.25) is 0 Å². The number of benzene rings is 1. The molecule has 2 atom stereocenters. The lowest BCUT2D eigenvalue weighted by molar-refractivity contribution is -0.139. The molecule has 3 heterocycles. The molecule has 0 bridgehead atoms. The number of amidine groups is 1. The molecule has 0 radical (unpaired) electrons. The number of likely N-dealkylation sites (tertiary alicyclic amines) is 1. The lowest BCUT2D eigenvalue weighted by atomic mass is 9.88. The normalized spacial score (nSPS) is 18.7. The third-order valence-corrected chi connectivity index (χ3v) is 9.48. The van der Waals surface area contributed by atoms with Gasteiger partial charge < -0.3 is 20.1 Å². The zero-order valence-corrected chi connectivity index (χ0v) is 26.2. The van der Waals surface area contributed by atoms with Gasteiger partial charge in [0.05, 0.1) is 17.3 Å². The molecule has 1 fully saturated rings. The Balaban J connectivity index is 1.49. The van der Waals surface area contributed by atoms with E-state index in [0.717, 1.165) is 24.2 Å². The van der Waals surface area contributed by atoms with Gasteiger partial charge in [-0.05, 0) is 62.7 Å². The highest BCUT2D eigenvalue weighted by molar-refractivity contribution is 7.10. The molecular weight excluding hydrogens is 576 g/mol. The minimum absolute atomic E-state index is 0.111. The fourth-order valence-electron chi connectivity index (χ4n) is 5.21. The zero-order chi connectivity index (χ0) is 31.4. The molecule has 2 aromatic heterocycles. The molecule has 1 aliphatic rings. The van der Waals surface area contributed by atoms with Crippen molar-refractivity contribution >= 4 is 46.2 Å². The van der Waals surface area contributed by atoms with E-state index in [1.165, 1.54) is 9.44 Å². The topological polar surface area (TPSA) is 57.0 Å². The third kappa shape index (κ3) is 8.06. The molecule has 0 aliphatic carbocycles. The molecule has 2 unspecified atom stereocenters. The van der Waals surface area contributed by atoms with Gasteiger partial charge in [0, 0.05) is 58.8 Å². The van der Waals surface area contributed by atoms with Gasteiger partial charge in [0.1, 0.15) is 12.7 Å². The number of anilines is 1. The number of alkyl halides is 4. The van der Waals surface area contributed by atoms with Gasteiger partial charge in [0.25, 0.3) is 0 Å². The molecule has 1 aliphatic heterocycles. The fraction of sp³-hybridized carbons (Fsp3) is 0.500. The number of thiophene rings is 1. The summed E-state index contributed by atoms with van der Waals surface area (Å²) in [7, 11) is 1.87. The largest absolute Gasteiger partial charge is 0.406 e. The van der Waals surface area contributed by atoms with E-state index < -0.39 is 24.9 Å². The first kappa shape index (κ1) is 32.7. The molecule has 6 nitrogen and oxygen atoms in total. The average molecular weight is 619 g/mol. The highest BCUT2D eigenvalue weighted by Gasteiger charge is 2.32. The Morgan fingerprint density at radius 1 is 1.21 bits per heavy atom. The monoisotopic (exact) mass is 618 g/mol. The van der Waals surface area contributed by atoms with E-state index >= 15 is 0 Å². The van der Waals surface area contributed by atoms with Crippen LogP contribution in [0.15, 0.2) is 52.3 Å². The van der Waals surface area contributed by atoms with E-state index in [2.05, 4.69) is 66.1 Å². The number of rotatable bonds is 12. The second-order valence-electron chi connectivity index (χ2n) is 11.8. The van der Waals surface area contributed by atoms with Crippen molar-refractivity contribution in [3.8, 4) is 0 Å². The Morgan fingerprint density at radius 2 is 1.98 bits per heavy atom. The van der Waals surface area contributed by atoms with Crippen LogP contribution in [0.25, 0.3) is 16.6 Å². The Kier molecular flexibility index (Phi) is 10.4. The average Bonchev–Trinajstić information content (AvgIpc) is 3.58. The maximum atomic E-state index is 14.8. The number of fused-ring (bicyclic) bond motifs is 1. The zero-order valence-electron chi connectivity index (χ0n) is 25.4. The molecule has 2 N–H and O–H groups in total. The van der Waals surface area contributed by atoms with E-state index in [1.54, 1.807) is 35.6 Å². The van der Waals surface area contributed by atoms with Crippen LogP contribution in [0.4, 0.5) is 23.2 Å². The number of aliphatic imine (C=N–C) groups is 2. The van der Waals surface area contributed by atoms with Gasteiger partial charge >= 0.3 is 6.18 Å². The number of hydrogen-bond donors (Lipinski definition) is 2. The van der Waals surface area contributed by atoms with E-state index in [9.17, 15) is 17.6 Å². The lowest BCUT2D eigenvalue weighted by Gasteiger charge is -2.33. The van der Waals surface area contributed by atoms with Gasteiger partial charge in [0.15, 0.2) is 5.84 Å². The molecule has 1 aromatic carbocycles. The molecular formula is C32H42F4N6S. The summed E-state index contributed by atoms with van der Waals surface area (Å²) in [6, 6.07) is 8.47. The lowest BCUT2D eigenvalue weighted by Crippen LogP contribution is -2.46. The Bertz CT molecular complexity index is 1450. The molecule has 11 heteroatoms. The van der Waals surface area contributed by atoms with Crippen LogP contribution in [0.5, 0.6) is 0 Å². The highest BCUT2D eigenvalue weighted by Crippen LogP contribution is 2.34. The molecule has 234 valence electrons. The minimum Gasteiger partial charge on any atom is -0.385 e. The molecule has 43 heavy (non-hydrogen) atoms. The van der Waals surface area contributed by atoms with Crippen LogP contribution in [-0.2, 0) is 12.0 Å². The molecule has 0 saturated carbocycles. The Labute approximate surface area is 255 Å². The number of nitrogens with zero attached hydrogens (tertiary/aromatic N) is 4. The summed E-state index contributed by atoms with van der Waals surface area (Å²) in [6.07, 6.45) is -3.30. The van der Waals surface area contributed by atoms with Crippen LogP contribution in [0, 0.1) is 0 Å². The van der Waals surface area contributed by atoms with Gasteiger partial charge in [-0.15, -0.1) is 11.3 Å². The Morgan fingerprint density at radius 3 is 2.65 bits per heavy atom. The van der Waals surface area contributed by atoms with E-state index in [1.807, 2.05) is 11.9 Å². The number of hydrogen-bond acceptors (Lipinski definition) is 5. The Hall–Kier alpha value is -3.18. The predicted octanol–water partition coefficient (Wildman–Crippen LogP) is 7.50. The summed E-state index contributed by atoms with van der Waals surface area (Å²) in [6.45, 7) is 15.1. The van der Waals surface area contributed by atoms with Gasteiger partial charge in [-0.25, -0.2) is 9.38 Å². The van der Waals surface area contributed by atoms with Gasteiger partial charge in [-0.2, -0.15) is 13.2 Å². The van der Waals surface area contributed by atoms with Crippen molar-refractivity contribution in [3.05, 3.63) is 58.4 Å². The van der Waals surface area contributed by atoms with Crippen molar-refractivity contribution in [1.82, 2.24) is 14.8 Å². The van der Waals surface area contributed by atoms with Gasteiger partial charge in [0.2, 0.25) is 0 Å². The summed E-state index contributed by atoms with van der Waals surface area (Å²) < 4.78 is 57.1. The van der Waals surface area contributed by atoms with Crippen LogP contribution in [0.1, 0.15) is 56.2 Å². The van der Waals surface area contributed by atoms with E-state index in [4.69, 9.17) is 0 Å². The van der Waals surface area contributed by atoms with Crippen molar-refractivity contribution in [3.63, 3.8) is 0 Å². The first-order valence-corrected chi connectivity index (χ1v) is 15.5. The maximum absolute atomic E-state index is 14.8. The fourth-order valence-corrected chi connectivity index (χ4v) is 6.33. The molecule has 0 spiro atoms. The predicted molar refractivity (Wildman–Crippen MR) is 173 cm³/mol. The first-order chi connectivity index (χ1) is 20.3. The van der Waals surface area contributed by atoms with Crippen molar-refractivity contribution < 1.29 is 17.6 Å². The summed E-state index contributed by atoms with van der Waals surface area (Å²) in [5, 5.41) is 9.24. The molecule has 3 aromatic rings. The SMILES string of the molecule is C=NC(=NCCCNC(=C)c1csc(C(C)(C)CC)c1)c1cc2c(NC3CCN(C)CC3F)cccc2n1CC(F)(F)F. The van der Waals surface area contributed by atoms with E-state index in [-0.39, 0.29) is 16.9 Å². The van der Waals surface area contributed by atoms with Crippen molar-refractivity contribution in [2.24, 2.45) is 9.98 Å².